The van der Waals surface area contributed by atoms with E-state index in [1.807, 2.05) is 6.92 Å². The Hall–Kier alpha value is -0.570. The van der Waals surface area contributed by atoms with Crippen molar-refractivity contribution in [3.63, 3.8) is 0 Å². The third-order valence-electron chi connectivity index (χ3n) is 3.26. The van der Waals surface area contributed by atoms with Gasteiger partial charge in [-0.25, -0.2) is 0 Å². The van der Waals surface area contributed by atoms with Gasteiger partial charge in [0.2, 0.25) is 5.91 Å². The largest absolute Gasteiger partial charge is 0.355 e. The van der Waals surface area contributed by atoms with Crippen molar-refractivity contribution in [2.75, 3.05) is 13.1 Å². The van der Waals surface area contributed by atoms with Gasteiger partial charge in [0, 0.05) is 12.6 Å². The smallest absolute Gasteiger partial charge is 0.233 e. The molecule has 1 fully saturated rings. The van der Waals surface area contributed by atoms with E-state index in [-0.39, 0.29) is 5.91 Å². The Bertz CT molecular complexity index is 194. The van der Waals surface area contributed by atoms with Crippen LogP contribution >= 0.6 is 0 Å². The molecule has 15 heavy (non-hydrogen) atoms. The van der Waals surface area contributed by atoms with E-state index in [0.29, 0.717) is 18.5 Å². The number of carbonyl (C=O) groups is 1. The molecule has 0 aromatic carbocycles. The Balaban J connectivity index is 2.25. The lowest BCUT2D eigenvalue weighted by Crippen LogP contribution is -2.41. The predicted octanol–water partition coefficient (Wildman–Crippen LogP) is 1.68. The van der Waals surface area contributed by atoms with Crippen molar-refractivity contribution in [2.45, 2.75) is 52.0 Å². The highest BCUT2D eigenvalue weighted by Gasteiger charge is 2.19. The molecular weight excluding hydrogens is 188 g/mol. The van der Waals surface area contributed by atoms with Crippen LogP contribution < -0.4 is 10.6 Å². The fourth-order valence-corrected chi connectivity index (χ4v) is 2.28. The van der Waals surface area contributed by atoms with Gasteiger partial charge >= 0.3 is 0 Å². The van der Waals surface area contributed by atoms with Crippen LogP contribution in [0, 0.1) is 5.92 Å². The van der Waals surface area contributed by atoms with Crippen LogP contribution in [0.5, 0.6) is 0 Å². The molecule has 0 heterocycles. The fraction of sp³-hybridized carbons (Fsp3) is 0.917. The van der Waals surface area contributed by atoms with Crippen LogP contribution in [-0.4, -0.2) is 25.0 Å². The maximum absolute atomic E-state index is 11.3. The molecule has 1 amide bonds. The first-order valence-electron chi connectivity index (χ1n) is 6.24. The molecule has 0 aliphatic heterocycles. The van der Waals surface area contributed by atoms with Crippen molar-refractivity contribution in [2.24, 2.45) is 5.92 Å². The zero-order valence-corrected chi connectivity index (χ0v) is 10.0. The van der Waals surface area contributed by atoms with Crippen LogP contribution in [0.25, 0.3) is 0 Å². The average Bonchev–Trinajstić information content (AvgIpc) is 2.41. The summed E-state index contributed by atoms with van der Waals surface area (Å²) in [5.41, 5.74) is 0. The van der Waals surface area contributed by atoms with Gasteiger partial charge < -0.3 is 10.6 Å². The number of likely N-dealkylation sites (N-methyl/N-ethyl adjacent to an activating group) is 1. The molecule has 1 saturated carbocycles. The molecule has 1 aliphatic rings. The summed E-state index contributed by atoms with van der Waals surface area (Å²) in [4.78, 5) is 11.3. The average molecular weight is 212 g/mol. The standard InChI is InChI=1S/C12H24N2O/c1-3-13-12(15)9-14-11-8-6-4-5-7-10(11)2/h10-11,14H,3-9H2,1-2H3,(H,13,15). The van der Waals surface area contributed by atoms with Gasteiger partial charge in [0.15, 0.2) is 0 Å². The molecule has 88 valence electrons. The third kappa shape index (κ3) is 4.65. The zero-order valence-electron chi connectivity index (χ0n) is 10.0. The van der Waals surface area contributed by atoms with Crippen molar-refractivity contribution in [3.05, 3.63) is 0 Å². The second-order valence-electron chi connectivity index (χ2n) is 4.56. The van der Waals surface area contributed by atoms with Crippen molar-refractivity contribution in [1.29, 1.82) is 0 Å². The molecule has 3 heteroatoms. The first-order valence-corrected chi connectivity index (χ1v) is 6.24. The molecule has 0 spiro atoms. The molecule has 2 unspecified atom stereocenters. The van der Waals surface area contributed by atoms with Gasteiger partial charge in [-0.2, -0.15) is 0 Å². The van der Waals surface area contributed by atoms with Crippen LogP contribution in [0.1, 0.15) is 46.0 Å². The molecular formula is C12H24N2O. The second kappa shape index (κ2) is 6.83. The van der Waals surface area contributed by atoms with Crippen LogP contribution in [-0.2, 0) is 4.79 Å². The molecule has 0 aromatic heterocycles. The molecule has 0 saturated heterocycles. The molecule has 2 atom stereocenters. The van der Waals surface area contributed by atoms with Crippen LogP contribution in [0.15, 0.2) is 0 Å². The zero-order chi connectivity index (χ0) is 11.1. The molecule has 2 N–H and O–H groups in total. The lowest BCUT2D eigenvalue weighted by molar-refractivity contribution is -0.120. The lowest BCUT2D eigenvalue weighted by atomic mass is 9.97. The van der Waals surface area contributed by atoms with E-state index in [1.165, 1.54) is 32.1 Å². The maximum atomic E-state index is 11.3. The normalized spacial score (nSPS) is 27.1. The minimum absolute atomic E-state index is 0.119. The quantitative estimate of drug-likeness (QED) is 0.696. The number of rotatable bonds is 4. The van der Waals surface area contributed by atoms with E-state index in [1.54, 1.807) is 0 Å². The number of hydrogen-bond acceptors (Lipinski definition) is 2. The summed E-state index contributed by atoms with van der Waals surface area (Å²) in [6, 6.07) is 0.537. The van der Waals surface area contributed by atoms with Gasteiger partial charge in [-0.15, -0.1) is 0 Å². The van der Waals surface area contributed by atoms with Gasteiger partial charge in [0.1, 0.15) is 0 Å². The first kappa shape index (κ1) is 12.5. The number of hydrogen-bond donors (Lipinski definition) is 2. The van der Waals surface area contributed by atoms with Gasteiger partial charge in [-0.3, -0.25) is 4.79 Å². The van der Waals surface area contributed by atoms with Crippen molar-refractivity contribution in [3.8, 4) is 0 Å². The second-order valence-corrected chi connectivity index (χ2v) is 4.56. The summed E-state index contributed by atoms with van der Waals surface area (Å²) in [7, 11) is 0. The van der Waals surface area contributed by atoms with Gasteiger partial charge in [0.25, 0.3) is 0 Å². The van der Waals surface area contributed by atoms with E-state index >= 15 is 0 Å². The summed E-state index contributed by atoms with van der Waals surface area (Å²) in [5.74, 6) is 0.830. The summed E-state index contributed by atoms with van der Waals surface area (Å²) >= 11 is 0. The minimum atomic E-state index is 0.119. The Kier molecular flexibility index (Phi) is 5.69. The summed E-state index contributed by atoms with van der Waals surface area (Å²) in [6.45, 7) is 5.44. The van der Waals surface area contributed by atoms with Crippen molar-refractivity contribution >= 4 is 5.91 Å². The van der Waals surface area contributed by atoms with Crippen LogP contribution in [0.3, 0.4) is 0 Å². The van der Waals surface area contributed by atoms with Crippen molar-refractivity contribution < 1.29 is 4.79 Å². The molecule has 0 bridgehead atoms. The SMILES string of the molecule is CCNC(=O)CNC1CCCCCC1C. The third-order valence-corrected chi connectivity index (χ3v) is 3.26. The summed E-state index contributed by atoms with van der Waals surface area (Å²) in [5, 5.41) is 6.20. The van der Waals surface area contributed by atoms with Crippen molar-refractivity contribution in [1.82, 2.24) is 10.6 Å². The summed E-state index contributed by atoms with van der Waals surface area (Å²) in [6.07, 6.45) is 6.52. The van der Waals surface area contributed by atoms with Gasteiger partial charge in [-0.1, -0.05) is 26.2 Å². The molecule has 0 aromatic rings. The monoisotopic (exact) mass is 212 g/mol. The maximum Gasteiger partial charge on any atom is 0.233 e. The van der Waals surface area contributed by atoms with E-state index < -0.39 is 0 Å². The fourth-order valence-electron chi connectivity index (χ4n) is 2.28. The van der Waals surface area contributed by atoms with Crippen LogP contribution in [0.4, 0.5) is 0 Å². The Morgan fingerprint density at radius 1 is 1.27 bits per heavy atom. The number of carbonyl (C=O) groups excluding carboxylic acids is 1. The molecule has 0 radical (unpaired) electrons. The first-order chi connectivity index (χ1) is 7.24. The van der Waals surface area contributed by atoms with Gasteiger partial charge in [0.05, 0.1) is 6.54 Å². The Morgan fingerprint density at radius 3 is 2.73 bits per heavy atom. The van der Waals surface area contributed by atoms with Gasteiger partial charge in [-0.05, 0) is 25.7 Å². The number of nitrogens with one attached hydrogen (secondary N) is 2. The Labute approximate surface area is 93.0 Å². The number of amides is 1. The highest BCUT2D eigenvalue weighted by molar-refractivity contribution is 5.77. The lowest BCUT2D eigenvalue weighted by Gasteiger charge is -2.22. The van der Waals surface area contributed by atoms with E-state index in [0.717, 1.165) is 6.54 Å². The van der Waals surface area contributed by atoms with E-state index in [9.17, 15) is 4.79 Å². The van der Waals surface area contributed by atoms with E-state index in [2.05, 4.69) is 17.6 Å². The summed E-state index contributed by atoms with van der Waals surface area (Å²) < 4.78 is 0. The molecule has 1 rings (SSSR count). The Morgan fingerprint density at radius 2 is 2.00 bits per heavy atom. The minimum Gasteiger partial charge on any atom is -0.355 e. The highest BCUT2D eigenvalue weighted by Crippen LogP contribution is 2.22. The highest BCUT2D eigenvalue weighted by atomic mass is 16.1. The predicted molar refractivity (Wildman–Crippen MR) is 62.7 cm³/mol. The molecule has 1 aliphatic carbocycles. The van der Waals surface area contributed by atoms with E-state index in [4.69, 9.17) is 0 Å². The molecule has 3 nitrogen and oxygen atoms in total. The van der Waals surface area contributed by atoms with Crippen LogP contribution in [0.2, 0.25) is 0 Å². The topological polar surface area (TPSA) is 41.1 Å².